The molecule has 2 heterocycles. The van der Waals surface area contributed by atoms with Gasteiger partial charge in [0.1, 0.15) is 24.4 Å². The average Bonchev–Trinajstić information content (AvgIpc) is 3.42. The Morgan fingerprint density at radius 1 is 0.905 bits per heavy atom. The van der Waals surface area contributed by atoms with Gasteiger partial charge in [-0.3, -0.25) is 0 Å². The Morgan fingerprint density at radius 3 is 2.33 bits per heavy atom. The van der Waals surface area contributed by atoms with E-state index in [0.717, 1.165) is 38.7 Å². The molecule has 6 rings (SSSR count). The molecular formula is C33H52O9. The van der Waals surface area contributed by atoms with Crippen LogP contribution in [0.1, 0.15) is 91.9 Å². The SMILES string of the molecule is C[C@@H]1CC[C@@]2(OC1)O[C@H]1C[C@H]3[C@@H]4CCC5C[C@@H](OC(=O)[C@@H](O)[C@@H](O)[C@H](O)[C@@H](O)C=O)CC[C@]5(C)[C@H]4CC[C@]3(C)[C@H]1[C@@H]2C. The first-order chi connectivity index (χ1) is 19.8. The van der Waals surface area contributed by atoms with Gasteiger partial charge in [-0.05, 0) is 104 Å². The van der Waals surface area contributed by atoms with Crippen molar-refractivity contribution in [2.75, 3.05) is 6.61 Å². The van der Waals surface area contributed by atoms with E-state index in [0.29, 0.717) is 47.8 Å². The summed E-state index contributed by atoms with van der Waals surface area (Å²) in [6.45, 7) is 10.5. The van der Waals surface area contributed by atoms with Gasteiger partial charge in [-0.1, -0.05) is 27.7 Å². The minimum absolute atomic E-state index is 0.0473. The van der Waals surface area contributed by atoms with Crippen LogP contribution in [-0.2, 0) is 23.8 Å². The number of esters is 1. The maximum Gasteiger partial charge on any atom is 0.338 e. The van der Waals surface area contributed by atoms with Crippen molar-refractivity contribution >= 4 is 12.3 Å². The van der Waals surface area contributed by atoms with Crippen LogP contribution in [0, 0.1) is 52.3 Å². The van der Waals surface area contributed by atoms with E-state index < -0.39 is 30.4 Å². The summed E-state index contributed by atoms with van der Waals surface area (Å²) in [5.41, 5.74) is 0.444. The number of aliphatic hydroxyl groups is 4. The van der Waals surface area contributed by atoms with E-state index >= 15 is 0 Å². The Balaban J connectivity index is 1.10. The molecule has 0 aromatic carbocycles. The maximum atomic E-state index is 12.6. The molecule has 1 spiro atoms. The fraction of sp³-hybridized carbons (Fsp3) is 0.939. The number of hydrogen-bond donors (Lipinski definition) is 4. The summed E-state index contributed by atoms with van der Waals surface area (Å²) in [5.74, 6) is 2.53. The van der Waals surface area contributed by atoms with Gasteiger partial charge >= 0.3 is 5.97 Å². The molecule has 0 aromatic heterocycles. The highest BCUT2D eigenvalue weighted by Crippen LogP contribution is 2.71. The molecule has 4 saturated carbocycles. The highest BCUT2D eigenvalue weighted by atomic mass is 16.7. The van der Waals surface area contributed by atoms with Crippen LogP contribution in [0.3, 0.4) is 0 Å². The molecule has 6 fully saturated rings. The Kier molecular flexibility index (Phi) is 8.14. The molecule has 2 aliphatic heterocycles. The third-order valence-electron chi connectivity index (χ3n) is 13.6. The summed E-state index contributed by atoms with van der Waals surface area (Å²) < 4.78 is 19.0. The van der Waals surface area contributed by atoms with Crippen molar-refractivity contribution in [1.82, 2.24) is 0 Å². The number of rotatable bonds is 6. The zero-order chi connectivity index (χ0) is 30.2. The maximum absolute atomic E-state index is 12.6. The molecule has 0 radical (unpaired) electrons. The quantitative estimate of drug-likeness (QED) is 0.270. The predicted octanol–water partition coefficient (Wildman–Crippen LogP) is 2.99. The largest absolute Gasteiger partial charge is 0.460 e. The summed E-state index contributed by atoms with van der Waals surface area (Å²) in [6, 6.07) is 0. The second-order valence-corrected chi connectivity index (χ2v) is 15.6. The lowest BCUT2D eigenvalue weighted by Gasteiger charge is -2.61. The molecule has 9 nitrogen and oxygen atoms in total. The minimum atomic E-state index is -2.04. The molecular weight excluding hydrogens is 540 g/mol. The van der Waals surface area contributed by atoms with Crippen LogP contribution in [-0.4, -0.2) is 81.7 Å². The summed E-state index contributed by atoms with van der Waals surface area (Å²) in [7, 11) is 0. The Bertz CT molecular complexity index is 1030. The topological polar surface area (TPSA) is 143 Å². The van der Waals surface area contributed by atoms with Crippen LogP contribution in [0.5, 0.6) is 0 Å². The van der Waals surface area contributed by atoms with Crippen LogP contribution in [0.25, 0.3) is 0 Å². The summed E-state index contributed by atoms with van der Waals surface area (Å²) >= 11 is 0. The zero-order valence-electron chi connectivity index (χ0n) is 25.7. The Hall–Kier alpha value is -1.10. The lowest BCUT2D eigenvalue weighted by atomic mass is 9.44. The van der Waals surface area contributed by atoms with E-state index in [-0.39, 0.29) is 35.1 Å². The number of hydrogen-bond acceptors (Lipinski definition) is 9. The van der Waals surface area contributed by atoms with E-state index in [1.165, 1.54) is 25.7 Å². The van der Waals surface area contributed by atoms with E-state index in [2.05, 4.69) is 27.7 Å². The van der Waals surface area contributed by atoms with Crippen LogP contribution in [0.2, 0.25) is 0 Å². The van der Waals surface area contributed by atoms with Gasteiger partial charge in [-0.25, -0.2) is 4.79 Å². The van der Waals surface area contributed by atoms with Gasteiger partial charge in [-0.15, -0.1) is 0 Å². The van der Waals surface area contributed by atoms with Crippen molar-refractivity contribution < 1.29 is 44.2 Å². The first-order valence-corrected chi connectivity index (χ1v) is 16.5. The molecule has 9 heteroatoms. The lowest BCUT2D eigenvalue weighted by molar-refractivity contribution is -0.273. The number of aliphatic hydroxyl groups excluding tert-OH is 4. The summed E-state index contributed by atoms with van der Waals surface area (Å²) in [4.78, 5) is 23.3. The number of fused-ring (bicyclic) bond motifs is 7. The van der Waals surface area contributed by atoms with E-state index in [1.807, 2.05) is 0 Å². The minimum Gasteiger partial charge on any atom is -0.460 e. The molecule has 0 amide bonds. The van der Waals surface area contributed by atoms with Gasteiger partial charge in [0, 0.05) is 12.3 Å². The van der Waals surface area contributed by atoms with E-state index in [9.17, 15) is 30.0 Å². The molecule has 2 saturated heterocycles. The highest BCUT2D eigenvalue weighted by Gasteiger charge is 2.69. The highest BCUT2D eigenvalue weighted by molar-refractivity contribution is 5.75. The molecule has 0 aromatic rings. The molecule has 42 heavy (non-hydrogen) atoms. The van der Waals surface area contributed by atoms with Crippen molar-refractivity contribution in [3.63, 3.8) is 0 Å². The lowest BCUT2D eigenvalue weighted by Crippen LogP contribution is -2.55. The van der Waals surface area contributed by atoms with E-state index in [1.54, 1.807) is 0 Å². The van der Waals surface area contributed by atoms with Crippen LogP contribution in [0.4, 0.5) is 0 Å². The molecule has 4 aliphatic carbocycles. The Morgan fingerprint density at radius 2 is 1.64 bits per heavy atom. The molecule has 238 valence electrons. The Labute approximate surface area is 249 Å². The number of aldehydes is 1. The summed E-state index contributed by atoms with van der Waals surface area (Å²) in [6.07, 6.45) is 2.43. The van der Waals surface area contributed by atoms with Gasteiger partial charge in [0.25, 0.3) is 0 Å². The van der Waals surface area contributed by atoms with Crippen LogP contribution < -0.4 is 0 Å². The number of carbonyl (C=O) groups excluding carboxylic acids is 2. The van der Waals surface area contributed by atoms with Gasteiger partial charge < -0.3 is 39.4 Å². The fourth-order valence-corrected chi connectivity index (χ4v) is 11.2. The molecule has 4 N–H and O–H groups in total. The van der Waals surface area contributed by atoms with Gasteiger partial charge in [0.15, 0.2) is 18.2 Å². The standard InChI is InChI=1S/C33H52O9/c1-17-7-12-33(40-16-17)18(2)26-25(42-33)14-23-21-6-5-19-13-20(8-10-31(19,3)22(21)9-11-32(23,26)4)41-30(39)29(38)28(37)27(36)24(35)15-34/h15,17-29,35-38H,5-14,16H2,1-4H3/t17-,18+,19?,20+,21-,22+,23+,24+,25+,26+,27-,28+,29+,31+,32+,33-/m1/s1. The first-order valence-electron chi connectivity index (χ1n) is 16.5. The number of carbonyl (C=O) groups is 2. The molecule has 6 aliphatic rings. The second-order valence-electron chi connectivity index (χ2n) is 15.6. The van der Waals surface area contributed by atoms with Crippen molar-refractivity contribution in [3.8, 4) is 0 Å². The van der Waals surface area contributed by atoms with Gasteiger partial charge in [0.05, 0.1) is 12.7 Å². The molecule has 0 bridgehead atoms. The smallest absolute Gasteiger partial charge is 0.338 e. The monoisotopic (exact) mass is 592 g/mol. The fourth-order valence-electron chi connectivity index (χ4n) is 11.2. The van der Waals surface area contributed by atoms with Gasteiger partial charge in [-0.2, -0.15) is 0 Å². The second kappa shape index (κ2) is 11.1. The number of ether oxygens (including phenoxy) is 3. The van der Waals surface area contributed by atoms with Crippen molar-refractivity contribution in [1.29, 1.82) is 0 Å². The van der Waals surface area contributed by atoms with Crippen LogP contribution in [0.15, 0.2) is 0 Å². The zero-order valence-corrected chi connectivity index (χ0v) is 25.7. The van der Waals surface area contributed by atoms with Crippen molar-refractivity contribution in [2.24, 2.45) is 52.3 Å². The summed E-state index contributed by atoms with van der Waals surface area (Å²) in [5, 5.41) is 39.6. The normalized spacial score (nSPS) is 50.9. The van der Waals surface area contributed by atoms with Crippen molar-refractivity contribution in [2.45, 2.75) is 134 Å². The third-order valence-corrected chi connectivity index (χ3v) is 13.6. The van der Waals surface area contributed by atoms with Crippen molar-refractivity contribution in [3.05, 3.63) is 0 Å². The molecule has 16 atom stereocenters. The molecule has 1 unspecified atom stereocenters. The third kappa shape index (κ3) is 4.71. The average molecular weight is 593 g/mol. The van der Waals surface area contributed by atoms with Crippen LogP contribution >= 0.6 is 0 Å². The van der Waals surface area contributed by atoms with Gasteiger partial charge in [0.2, 0.25) is 0 Å². The van der Waals surface area contributed by atoms with E-state index in [4.69, 9.17) is 14.2 Å². The first kappa shape index (κ1) is 30.9. The predicted molar refractivity (Wildman–Crippen MR) is 152 cm³/mol.